The van der Waals surface area contributed by atoms with Crippen LogP contribution in [0.3, 0.4) is 0 Å². The first-order valence-corrected chi connectivity index (χ1v) is 12.6. The highest BCUT2D eigenvalue weighted by Gasteiger charge is 2.42. The third-order valence-corrected chi connectivity index (χ3v) is 8.59. The van der Waals surface area contributed by atoms with E-state index in [1.165, 1.54) is 22.5 Å². The van der Waals surface area contributed by atoms with Crippen LogP contribution in [-0.2, 0) is 21.2 Å². The second kappa shape index (κ2) is 8.77. The standard InChI is InChI=1S/C23H28N2O7S/c26-15-5-6-24(14-15)21-13-19-20(11-16(27)12-22(19)28)23(21)32-17-1-3-18(4-2-17)33(29,30)25-7-9-31-10-8-25/h1-4,11-12,15,21,23,26-28H,5-10,13-14H2/t15-,21+,23+/m1/s1. The van der Waals surface area contributed by atoms with Gasteiger partial charge in [0.15, 0.2) is 0 Å². The van der Waals surface area contributed by atoms with Gasteiger partial charge in [-0.2, -0.15) is 4.31 Å². The van der Waals surface area contributed by atoms with Crippen molar-refractivity contribution in [1.82, 2.24) is 9.21 Å². The first-order chi connectivity index (χ1) is 15.8. The number of phenolic OH excluding ortho intramolecular Hbond substituents is 2. The third kappa shape index (κ3) is 4.29. The van der Waals surface area contributed by atoms with Crippen molar-refractivity contribution in [2.24, 2.45) is 0 Å². The predicted molar refractivity (Wildman–Crippen MR) is 119 cm³/mol. The van der Waals surface area contributed by atoms with Gasteiger partial charge in [0.05, 0.1) is 30.3 Å². The maximum absolute atomic E-state index is 12.9. The number of morpholine rings is 1. The van der Waals surface area contributed by atoms with Crippen molar-refractivity contribution in [2.75, 3.05) is 39.4 Å². The van der Waals surface area contributed by atoms with Crippen LogP contribution in [0.15, 0.2) is 41.3 Å². The number of phenols is 2. The van der Waals surface area contributed by atoms with E-state index in [2.05, 4.69) is 4.90 Å². The number of hydrogen-bond donors (Lipinski definition) is 3. The van der Waals surface area contributed by atoms with Crippen molar-refractivity contribution in [3.05, 3.63) is 47.5 Å². The molecule has 2 aromatic carbocycles. The number of rotatable bonds is 5. The Bertz CT molecular complexity index is 1120. The van der Waals surface area contributed by atoms with Crippen molar-refractivity contribution in [2.45, 2.75) is 36.0 Å². The molecule has 2 fully saturated rings. The Kier molecular flexibility index (Phi) is 5.96. The van der Waals surface area contributed by atoms with E-state index in [0.717, 1.165) is 5.56 Å². The Morgan fingerprint density at radius 3 is 2.42 bits per heavy atom. The molecule has 3 aliphatic rings. The summed E-state index contributed by atoms with van der Waals surface area (Å²) in [6.45, 7) is 2.65. The molecule has 0 aromatic heterocycles. The van der Waals surface area contributed by atoms with Gasteiger partial charge in [-0.15, -0.1) is 0 Å². The Morgan fingerprint density at radius 1 is 1.03 bits per heavy atom. The van der Waals surface area contributed by atoms with E-state index in [4.69, 9.17) is 9.47 Å². The Morgan fingerprint density at radius 2 is 1.76 bits per heavy atom. The molecule has 0 bridgehead atoms. The smallest absolute Gasteiger partial charge is 0.243 e. The maximum atomic E-state index is 12.9. The van der Waals surface area contributed by atoms with Gasteiger partial charge in [0.25, 0.3) is 0 Å². The van der Waals surface area contributed by atoms with Crippen LogP contribution in [0, 0.1) is 0 Å². The summed E-state index contributed by atoms with van der Waals surface area (Å²) in [5, 5.41) is 30.5. The molecule has 2 saturated heterocycles. The van der Waals surface area contributed by atoms with Crippen LogP contribution in [0.2, 0.25) is 0 Å². The zero-order chi connectivity index (χ0) is 23.2. The van der Waals surface area contributed by atoms with E-state index in [1.807, 2.05) is 0 Å². The lowest BCUT2D eigenvalue weighted by molar-refractivity contribution is 0.0730. The quantitative estimate of drug-likeness (QED) is 0.590. The number of β-amino-alcohol motifs (C(OH)–C–C–N with tert-alkyl or cyclic N) is 1. The van der Waals surface area contributed by atoms with E-state index >= 15 is 0 Å². The number of sulfonamides is 1. The molecule has 3 N–H and O–H groups in total. The zero-order valence-corrected chi connectivity index (χ0v) is 18.9. The molecule has 1 aliphatic carbocycles. The Hall–Kier alpha value is -2.37. The van der Waals surface area contributed by atoms with E-state index < -0.39 is 22.2 Å². The highest BCUT2D eigenvalue weighted by Crippen LogP contribution is 2.44. The molecule has 33 heavy (non-hydrogen) atoms. The van der Waals surface area contributed by atoms with Crippen LogP contribution < -0.4 is 4.74 Å². The molecule has 10 heteroatoms. The van der Waals surface area contributed by atoms with Gasteiger partial charge in [-0.1, -0.05) is 0 Å². The average Bonchev–Trinajstić information content (AvgIpc) is 3.39. The highest BCUT2D eigenvalue weighted by molar-refractivity contribution is 7.89. The minimum atomic E-state index is -3.60. The number of aliphatic hydroxyl groups excluding tert-OH is 1. The first-order valence-electron chi connectivity index (χ1n) is 11.1. The minimum absolute atomic E-state index is 0.0211. The van der Waals surface area contributed by atoms with Crippen LogP contribution in [0.4, 0.5) is 0 Å². The average molecular weight is 477 g/mol. The predicted octanol–water partition coefficient (Wildman–Crippen LogP) is 1.23. The molecular formula is C23H28N2O7S. The van der Waals surface area contributed by atoms with Gasteiger partial charge in [0, 0.05) is 43.4 Å². The van der Waals surface area contributed by atoms with Gasteiger partial charge in [-0.05, 0) is 43.2 Å². The number of fused-ring (bicyclic) bond motifs is 1. The molecule has 0 spiro atoms. The summed E-state index contributed by atoms with van der Waals surface area (Å²) in [7, 11) is -3.60. The van der Waals surface area contributed by atoms with E-state index in [-0.39, 0.29) is 22.4 Å². The van der Waals surface area contributed by atoms with Crippen molar-refractivity contribution >= 4 is 10.0 Å². The fourth-order valence-corrected chi connectivity index (χ4v) is 6.38. The highest BCUT2D eigenvalue weighted by atomic mass is 32.2. The van der Waals surface area contributed by atoms with E-state index in [1.54, 1.807) is 18.2 Å². The molecule has 0 unspecified atom stereocenters. The normalized spacial score (nSPS) is 26.4. The van der Waals surface area contributed by atoms with Crippen molar-refractivity contribution < 1.29 is 33.2 Å². The molecule has 0 radical (unpaired) electrons. The van der Waals surface area contributed by atoms with Gasteiger partial charge < -0.3 is 24.8 Å². The van der Waals surface area contributed by atoms with Crippen LogP contribution >= 0.6 is 0 Å². The molecule has 3 atom stereocenters. The number of nitrogens with zero attached hydrogens (tertiary/aromatic N) is 2. The number of benzene rings is 2. The van der Waals surface area contributed by atoms with Gasteiger partial charge >= 0.3 is 0 Å². The number of aromatic hydroxyl groups is 2. The lowest BCUT2D eigenvalue weighted by Gasteiger charge is -2.30. The van der Waals surface area contributed by atoms with Crippen LogP contribution in [-0.4, -0.2) is 84.5 Å². The first kappa shape index (κ1) is 22.4. The van der Waals surface area contributed by atoms with Crippen molar-refractivity contribution in [1.29, 1.82) is 0 Å². The summed E-state index contributed by atoms with van der Waals surface area (Å²) in [6, 6.07) is 9.12. The number of likely N-dealkylation sites (tertiary alicyclic amines) is 1. The fraction of sp³-hybridized carbons (Fsp3) is 0.478. The molecule has 2 aromatic rings. The van der Waals surface area contributed by atoms with Gasteiger partial charge in [-0.25, -0.2) is 8.42 Å². The summed E-state index contributed by atoms with van der Waals surface area (Å²) >= 11 is 0. The molecule has 0 amide bonds. The molecule has 9 nitrogen and oxygen atoms in total. The molecular weight excluding hydrogens is 448 g/mol. The van der Waals surface area contributed by atoms with Crippen molar-refractivity contribution in [3.8, 4) is 17.2 Å². The monoisotopic (exact) mass is 476 g/mol. The minimum Gasteiger partial charge on any atom is -0.508 e. The molecule has 178 valence electrons. The SMILES string of the molecule is O=S(=O)(c1ccc(O[C@H]2c3cc(O)cc(O)c3C[C@@H]2N2CC[C@@H](O)C2)cc1)N1CCOCC1. The second-order valence-corrected chi connectivity index (χ2v) is 10.7. The zero-order valence-electron chi connectivity index (χ0n) is 18.1. The summed E-state index contributed by atoms with van der Waals surface area (Å²) in [6.07, 6.45) is 0.318. The van der Waals surface area contributed by atoms with Gasteiger partial charge in [0.2, 0.25) is 10.0 Å². The van der Waals surface area contributed by atoms with Crippen LogP contribution in [0.25, 0.3) is 0 Å². The van der Waals surface area contributed by atoms with Gasteiger partial charge in [0.1, 0.15) is 23.4 Å². The van der Waals surface area contributed by atoms with E-state index in [9.17, 15) is 23.7 Å². The lowest BCUT2D eigenvalue weighted by atomic mass is 10.1. The maximum Gasteiger partial charge on any atom is 0.243 e. The molecule has 0 saturated carbocycles. The number of aliphatic hydroxyl groups is 1. The molecule has 2 aliphatic heterocycles. The van der Waals surface area contributed by atoms with Crippen molar-refractivity contribution in [3.63, 3.8) is 0 Å². The second-order valence-electron chi connectivity index (χ2n) is 8.77. The lowest BCUT2D eigenvalue weighted by Crippen LogP contribution is -2.40. The fourth-order valence-electron chi connectivity index (χ4n) is 4.97. The number of ether oxygens (including phenoxy) is 2. The van der Waals surface area contributed by atoms with E-state index in [0.29, 0.717) is 63.5 Å². The largest absolute Gasteiger partial charge is 0.508 e. The summed E-state index contributed by atoms with van der Waals surface area (Å²) in [4.78, 5) is 2.33. The Labute approximate surface area is 192 Å². The van der Waals surface area contributed by atoms with Gasteiger partial charge in [-0.3, -0.25) is 4.90 Å². The molecule has 5 rings (SSSR count). The van der Waals surface area contributed by atoms with Crippen LogP contribution in [0.5, 0.6) is 17.2 Å². The van der Waals surface area contributed by atoms with Crippen LogP contribution in [0.1, 0.15) is 23.7 Å². The third-order valence-electron chi connectivity index (χ3n) is 6.67. The Balaban J connectivity index is 1.40. The summed E-state index contributed by atoms with van der Waals surface area (Å²) in [5.41, 5.74) is 1.42. The molecule has 2 heterocycles. The summed E-state index contributed by atoms with van der Waals surface area (Å²) in [5.74, 6) is 0.461. The topological polar surface area (TPSA) is 120 Å². The summed E-state index contributed by atoms with van der Waals surface area (Å²) < 4.78 is 38.7. The number of hydrogen-bond acceptors (Lipinski definition) is 8.